The summed E-state index contributed by atoms with van der Waals surface area (Å²) < 4.78 is 0.577. The molecule has 2 N–H and O–H groups in total. The monoisotopic (exact) mass is 444 g/mol. The number of rotatable bonds is 5. The van der Waals surface area contributed by atoms with Crippen molar-refractivity contribution >= 4 is 39.0 Å². The van der Waals surface area contributed by atoms with Crippen molar-refractivity contribution in [2.75, 3.05) is 6.54 Å². The Balaban J connectivity index is 2.14. The van der Waals surface area contributed by atoms with Gasteiger partial charge in [0.15, 0.2) is 10.9 Å². The Morgan fingerprint density at radius 1 is 1.26 bits per heavy atom. The first-order valence-electron chi connectivity index (χ1n) is 8.81. The molecule has 1 heterocycles. The molecule has 2 aromatic rings. The van der Waals surface area contributed by atoms with Crippen molar-refractivity contribution < 1.29 is 9.90 Å². The Bertz CT molecular complexity index is 912. The van der Waals surface area contributed by atoms with Crippen LogP contribution >= 0.6 is 28.1 Å². The maximum Gasteiger partial charge on any atom is 0.193 e. The molecule has 0 saturated carbocycles. The van der Waals surface area contributed by atoms with Gasteiger partial charge >= 0.3 is 0 Å². The number of halogens is 1. The predicted molar refractivity (Wildman–Crippen MR) is 115 cm³/mol. The van der Waals surface area contributed by atoms with Gasteiger partial charge in [-0.25, -0.2) is 0 Å². The highest BCUT2D eigenvalue weighted by molar-refractivity contribution is 9.10. The minimum Gasteiger partial charge on any atom is -0.507 e. The quantitative estimate of drug-likeness (QED) is 0.504. The average molecular weight is 445 g/mol. The van der Waals surface area contributed by atoms with Gasteiger partial charge in [0.25, 0.3) is 0 Å². The number of nitrogens with one attached hydrogen (secondary N) is 1. The molecule has 1 atom stereocenters. The van der Waals surface area contributed by atoms with Crippen LogP contribution < -0.4 is 5.32 Å². The molecule has 4 nitrogen and oxygen atoms in total. The number of phenols is 1. The number of aromatic hydroxyl groups is 1. The Hall–Kier alpha value is -2.18. The van der Waals surface area contributed by atoms with Crippen LogP contribution in [0, 0.1) is 0 Å². The molecule has 1 aliphatic heterocycles. The smallest absolute Gasteiger partial charge is 0.193 e. The van der Waals surface area contributed by atoms with Gasteiger partial charge in [-0.15, -0.1) is 0 Å². The highest BCUT2D eigenvalue weighted by Crippen LogP contribution is 2.35. The van der Waals surface area contributed by atoms with Crippen LogP contribution in [-0.4, -0.2) is 27.4 Å². The number of Topliss-reactive ketones (excluding diaryl/α,β-unsaturated/α-hetero) is 1. The maximum atomic E-state index is 13.4. The number of benzene rings is 2. The van der Waals surface area contributed by atoms with E-state index >= 15 is 0 Å². The van der Waals surface area contributed by atoms with E-state index in [0.29, 0.717) is 20.7 Å². The van der Waals surface area contributed by atoms with Crippen LogP contribution in [0.25, 0.3) is 0 Å². The van der Waals surface area contributed by atoms with Crippen molar-refractivity contribution in [2.24, 2.45) is 0 Å². The molecule has 0 aliphatic carbocycles. The normalized spacial score (nSPS) is 17.1. The van der Waals surface area contributed by atoms with E-state index in [4.69, 9.17) is 12.2 Å². The fourth-order valence-corrected chi connectivity index (χ4v) is 4.01. The molecule has 0 spiro atoms. The maximum absolute atomic E-state index is 13.4. The van der Waals surface area contributed by atoms with Crippen LogP contribution in [0.2, 0.25) is 0 Å². The molecule has 2 aromatic carbocycles. The topological polar surface area (TPSA) is 52.6 Å². The highest BCUT2D eigenvalue weighted by atomic mass is 79.9. The van der Waals surface area contributed by atoms with E-state index in [-0.39, 0.29) is 17.6 Å². The molecular formula is C21H21BrN2O2S. The van der Waals surface area contributed by atoms with Gasteiger partial charge in [-0.3, -0.25) is 4.79 Å². The number of thiocarbonyl (C=S) groups is 1. The minimum absolute atomic E-state index is 0.0293. The Labute approximate surface area is 173 Å². The third-order valence-corrected chi connectivity index (χ3v) is 5.60. The molecule has 0 saturated heterocycles. The first-order chi connectivity index (χ1) is 12.9. The average Bonchev–Trinajstić information content (AvgIpc) is 2.67. The first-order valence-corrected chi connectivity index (χ1v) is 10.0. The number of hydrogen-bond donors (Lipinski definition) is 2. The van der Waals surface area contributed by atoms with E-state index in [9.17, 15) is 9.90 Å². The number of hydrogen-bond acceptors (Lipinski definition) is 3. The largest absolute Gasteiger partial charge is 0.507 e. The van der Waals surface area contributed by atoms with Crippen LogP contribution in [0.3, 0.4) is 0 Å². The second-order valence-electron chi connectivity index (χ2n) is 6.44. The lowest BCUT2D eigenvalue weighted by Crippen LogP contribution is -2.47. The van der Waals surface area contributed by atoms with Gasteiger partial charge in [-0.05, 0) is 59.2 Å². The summed E-state index contributed by atoms with van der Waals surface area (Å²) >= 11 is 8.93. The van der Waals surface area contributed by atoms with Gasteiger partial charge in [0.1, 0.15) is 5.75 Å². The Kier molecular flexibility index (Phi) is 5.97. The summed E-state index contributed by atoms with van der Waals surface area (Å²) in [6.07, 6.45) is 0.918. The molecule has 0 amide bonds. The summed E-state index contributed by atoms with van der Waals surface area (Å²) in [6.45, 7) is 4.77. The second-order valence-corrected chi connectivity index (χ2v) is 7.68. The van der Waals surface area contributed by atoms with E-state index in [1.807, 2.05) is 48.2 Å². The zero-order valence-electron chi connectivity index (χ0n) is 15.2. The SMILES string of the molecule is CCCN1C(=S)NC(c2ccc(O)c(Br)c2)C(C(=O)c2ccccc2)=C1C. The number of nitrogens with zero attached hydrogens (tertiary/aromatic N) is 1. The number of carbonyl (C=O) groups is 1. The molecule has 6 heteroatoms. The summed E-state index contributed by atoms with van der Waals surface area (Å²) in [5, 5.41) is 13.8. The van der Waals surface area contributed by atoms with Crippen LogP contribution in [0.1, 0.15) is 42.2 Å². The number of allylic oxidation sites excluding steroid dienone is 1. The number of ketones is 1. The zero-order valence-corrected chi connectivity index (χ0v) is 17.6. The molecule has 0 radical (unpaired) electrons. The van der Waals surface area contributed by atoms with Crippen molar-refractivity contribution in [1.82, 2.24) is 10.2 Å². The molecule has 140 valence electrons. The Morgan fingerprint density at radius 2 is 1.96 bits per heavy atom. The zero-order chi connectivity index (χ0) is 19.6. The summed E-state index contributed by atoms with van der Waals surface area (Å²) in [5.74, 6) is 0.125. The molecule has 0 aromatic heterocycles. The van der Waals surface area contributed by atoms with Crippen LogP contribution in [-0.2, 0) is 0 Å². The van der Waals surface area contributed by atoms with Gasteiger partial charge in [-0.1, -0.05) is 43.3 Å². The van der Waals surface area contributed by atoms with Crippen molar-refractivity contribution in [3.63, 3.8) is 0 Å². The molecule has 0 fully saturated rings. The summed E-state index contributed by atoms with van der Waals surface area (Å²) in [4.78, 5) is 15.4. The lowest BCUT2D eigenvalue weighted by Gasteiger charge is -2.38. The van der Waals surface area contributed by atoms with Crippen LogP contribution in [0.5, 0.6) is 5.75 Å². The van der Waals surface area contributed by atoms with E-state index < -0.39 is 0 Å². The standard InChI is InChI=1S/C21H21BrN2O2S/c1-3-11-24-13(2)18(20(26)14-7-5-4-6-8-14)19(23-21(24)27)15-9-10-17(25)16(22)12-15/h4-10,12,19,25H,3,11H2,1-2H3,(H,23,27). The summed E-state index contributed by atoms with van der Waals surface area (Å²) in [5.41, 5.74) is 3.03. The lowest BCUT2D eigenvalue weighted by molar-refractivity contribution is 0.102. The van der Waals surface area contributed by atoms with Gasteiger partial charge in [0.2, 0.25) is 0 Å². The summed E-state index contributed by atoms with van der Waals surface area (Å²) in [7, 11) is 0. The van der Waals surface area contributed by atoms with Crippen LogP contribution in [0.15, 0.2) is 64.3 Å². The van der Waals surface area contributed by atoms with E-state index in [2.05, 4.69) is 28.2 Å². The first kappa shape index (κ1) is 19.6. The van der Waals surface area contributed by atoms with Crippen molar-refractivity contribution in [3.05, 3.63) is 75.4 Å². The van der Waals surface area contributed by atoms with Gasteiger partial charge in [0, 0.05) is 23.4 Å². The molecule has 27 heavy (non-hydrogen) atoms. The molecular weight excluding hydrogens is 424 g/mol. The van der Waals surface area contributed by atoms with E-state index in [0.717, 1.165) is 24.2 Å². The molecule has 3 rings (SSSR count). The highest BCUT2D eigenvalue weighted by Gasteiger charge is 2.34. The predicted octanol–water partition coefficient (Wildman–Crippen LogP) is 4.95. The van der Waals surface area contributed by atoms with Crippen molar-refractivity contribution in [2.45, 2.75) is 26.3 Å². The number of carbonyl (C=O) groups excluding carboxylic acids is 1. The van der Waals surface area contributed by atoms with Gasteiger partial charge < -0.3 is 15.3 Å². The van der Waals surface area contributed by atoms with Gasteiger partial charge in [0.05, 0.1) is 10.5 Å². The van der Waals surface area contributed by atoms with Crippen LogP contribution in [0.4, 0.5) is 0 Å². The van der Waals surface area contributed by atoms with Crippen molar-refractivity contribution in [1.29, 1.82) is 0 Å². The van der Waals surface area contributed by atoms with Gasteiger partial charge in [-0.2, -0.15) is 0 Å². The molecule has 1 unspecified atom stereocenters. The number of phenolic OH excluding ortho intramolecular Hbond substituents is 1. The van der Waals surface area contributed by atoms with E-state index in [1.54, 1.807) is 12.1 Å². The summed E-state index contributed by atoms with van der Waals surface area (Å²) in [6, 6.07) is 14.1. The fourth-order valence-electron chi connectivity index (χ4n) is 3.27. The Morgan fingerprint density at radius 3 is 2.59 bits per heavy atom. The van der Waals surface area contributed by atoms with Crippen molar-refractivity contribution in [3.8, 4) is 5.75 Å². The minimum atomic E-state index is -0.379. The molecule has 0 bridgehead atoms. The third-order valence-electron chi connectivity index (χ3n) is 4.63. The second kappa shape index (κ2) is 8.23. The van der Waals surface area contributed by atoms with E-state index in [1.165, 1.54) is 0 Å². The fraction of sp³-hybridized carbons (Fsp3) is 0.238. The third kappa shape index (κ3) is 3.92. The lowest BCUT2D eigenvalue weighted by atomic mass is 9.89. The molecule has 1 aliphatic rings.